The van der Waals surface area contributed by atoms with Gasteiger partial charge < -0.3 is 5.11 Å². The third-order valence-corrected chi connectivity index (χ3v) is 4.46. The van der Waals surface area contributed by atoms with Gasteiger partial charge >= 0.3 is 0 Å². The lowest BCUT2D eigenvalue weighted by Crippen LogP contribution is -2.59. The number of benzene rings is 1. The number of ketones is 1. The highest BCUT2D eigenvalue weighted by Gasteiger charge is 2.59. The minimum Gasteiger partial charge on any atom is -0.363 e. The van der Waals surface area contributed by atoms with Gasteiger partial charge in [0, 0.05) is 12.8 Å². The molecule has 3 atom stereocenters. The van der Waals surface area contributed by atoms with E-state index in [1.165, 1.54) is 0 Å². The smallest absolute Gasteiger partial charge is 0.211 e. The van der Waals surface area contributed by atoms with Crippen molar-refractivity contribution in [2.75, 3.05) is 0 Å². The van der Waals surface area contributed by atoms with Crippen molar-refractivity contribution in [3.05, 3.63) is 35.9 Å². The summed E-state index contributed by atoms with van der Waals surface area (Å²) < 4.78 is 0. The maximum absolute atomic E-state index is 12.2. The fraction of sp³-hybridized carbons (Fsp3) is 0.533. The molecule has 3 rings (SSSR count). The molecule has 1 aromatic carbocycles. The molecule has 1 aliphatic carbocycles. The fourth-order valence-corrected chi connectivity index (χ4v) is 3.05. The van der Waals surface area contributed by atoms with Gasteiger partial charge in [0.05, 0.1) is 5.41 Å². The number of aliphatic hydroxyl groups is 1. The van der Waals surface area contributed by atoms with E-state index in [4.69, 9.17) is 9.78 Å². The van der Waals surface area contributed by atoms with Crippen LogP contribution in [0.1, 0.15) is 44.3 Å². The van der Waals surface area contributed by atoms with E-state index in [9.17, 15) is 9.90 Å². The third kappa shape index (κ3) is 1.91. The zero-order valence-corrected chi connectivity index (χ0v) is 11.0. The number of carbonyl (C=O) groups excluding carboxylic acids is 1. The third-order valence-electron chi connectivity index (χ3n) is 4.46. The van der Waals surface area contributed by atoms with Crippen molar-refractivity contribution in [2.45, 2.75) is 44.5 Å². The summed E-state index contributed by atoms with van der Waals surface area (Å²) in [5, 5.41) is 10.5. The summed E-state index contributed by atoms with van der Waals surface area (Å²) in [7, 11) is 0. The maximum Gasteiger partial charge on any atom is 0.211 e. The summed E-state index contributed by atoms with van der Waals surface area (Å²) in [5.74, 6) is -1.42. The fourth-order valence-electron chi connectivity index (χ4n) is 3.05. The van der Waals surface area contributed by atoms with Crippen LogP contribution >= 0.6 is 0 Å². The summed E-state index contributed by atoms with van der Waals surface area (Å²) in [5.41, 5.74) is 0.0773. The van der Waals surface area contributed by atoms with Gasteiger partial charge in [-0.05, 0) is 25.3 Å². The van der Waals surface area contributed by atoms with Crippen molar-refractivity contribution >= 4 is 5.78 Å². The number of hydrogen-bond acceptors (Lipinski definition) is 4. The van der Waals surface area contributed by atoms with E-state index in [0.29, 0.717) is 25.7 Å². The van der Waals surface area contributed by atoms with Crippen LogP contribution in [-0.2, 0) is 14.6 Å². The Hall–Kier alpha value is -1.23. The SMILES string of the molecule is C[C@]12C[C@H](c3ccccc3)OO[C@@]1(O)CCCC2=O. The van der Waals surface area contributed by atoms with Crippen molar-refractivity contribution in [1.29, 1.82) is 0 Å². The van der Waals surface area contributed by atoms with Crippen LogP contribution < -0.4 is 0 Å². The Balaban J connectivity index is 1.90. The first-order valence-corrected chi connectivity index (χ1v) is 6.70. The number of hydrogen-bond donors (Lipinski definition) is 1. The van der Waals surface area contributed by atoms with Gasteiger partial charge in [-0.2, -0.15) is 4.89 Å². The van der Waals surface area contributed by atoms with Crippen molar-refractivity contribution in [2.24, 2.45) is 5.41 Å². The Bertz CT molecular complexity index is 486. The first-order valence-electron chi connectivity index (χ1n) is 6.70. The van der Waals surface area contributed by atoms with Crippen molar-refractivity contribution in [3.8, 4) is 0 Å². The molecule has 1 saturated carbocycles. The van der Waals surface area contributed by atoms with E-state index >= 15 is 0 Å². The molecular formula is C15H18O4. The highest BCUT2D eigenvalue weighted by atomic mass is 17.2. The first-order chi connectivity index (χ1) is 9.05. The average Bonchev–Trinajstić information content (AvgIpc) is 2.42. The molecule has 1 N–H and O–H groups in total. The Labute approximate surface area is 112 Å². The van der Waals surface area contributed by atoms with Gasteiger partial charge in [0.25, 0.3) is 0 Å². The molecule has 19 heavy (non-hydrogen) atoms. The second kappa shape index (κ2) is 4.40. The predicted octanol–water partition coefficient (Wildman–Crippen LogP) is 2.53. The Morgan fingerprint density at radius 2 is 2.05 bits per heavy atom. The highest BCUT2D eigenvalue weighted by molar-refractivity contribution is 5.86. The molecule has 1 saturated heterocycles. The highest BCUT2D eigenvalue weighted by Crippen LogP contribution is 2.52. The second-order valence-electron chi connectivity index (χ2n) is 5.68. The second-order valence-corrected chi connectivity index (χ2v) is 5.68. The predicted molar refractivity (Wildman–Crippen MR) is 67.9 cm³/mol. The zero-order valence-electron chi connectivity index (χ0n) is 11.0. The quantitative estimate of drug-likeness (QED) is 0.790. The van der Waals surface area contributed by atoms with Gasteiger partial charge in [-0.3, -0.25) is 4.79 Å². The summed E-state index contributed by atoms with van der Waals surface area (Å²) in [6.45, 7) is 1.78. The number of Topliss-reactive ketones (excluding diaryl/α,β-unsaturated/α-hetero) is 1. The standard InChI is InChI=1S/C15H18O4/c1-14-10-12(11-6-3-2-4-7-11)18-19-15(14,17)9-5-8-13(14)16/h2-4,6-7,12,17H,5,8-10H2,1H3/t12-,14-,15+/m1/s1. The molecule has 0 spiro atoms. The summed E-state index contributed by atoms with van der Waals surface area (Å²) in [6.07, 6.45) is 1.73. The van der Waals surface area contributed by atoms with Crippen molar-refractivity contribution < 1.29 is 19.7 Å². The minimum absolute atomic E-state index is 0.0606. The van der Waals surface area contributed by atoms with Crippen LogP contribution in [0, 0.1) is 5.41 Å². The van der Waals surface area contributed by atoms with Gasteiger partial charge in [0.1, 0.15) is 11.9 Å². The lowest BCUT2D eigenvalue weighted by molar-refractivity contribution is -0.493. The van der Waals surface area contributed by atoms with E-state index < -0.39 is 11.2 Å². The Morgan fingerprint density at radius 3 is 2.79 bits per heavy atom. The van der Waals surface area contributed by atoms with Crippen LogP contribution in [-0.4, -0.2) is 16.7 Å². The normalized spacial score (nSPS) is 38.8. The monoisotopic (exact) mass is 262 g/mol. The zero-order chi connectivity index (χ0) is 13.5. The van der Waals surface area contributed by atoms with Crippen LogP contribution in [0.15, 0.2) is 30.3 Å². The molecule has 0 radical (unpaired) electrons. The molecule has 4 nitrogen and oxygen atoms in total. The molecule has 1 aliphatic heterocycles. The van der Waals surface area contributed by atoms with Gasteiger partial charge in [0.15, 0.2) is 0 Å². The van der Waals surface area contributed by atoms with Crippen molar-refractivity contribution in [1.82, 2.24) is 0 Å². The molecule has 102 valence electrons. The average molecular weight is 262 g/mol. The Morgan fingerprint density at radius 1 is 1.32 bits per heavy atom. The van der Waals surface area contributed by atoms with E-state index in [1.54, 1.807) is 6.92 Å². The lowest BCUT2D eigenvalue weighted by Gasteiger charge is -2.50. The van der Waals surface area contributed by atoms with Crippen LogP contribution in [0.3, 0.4) is 0 Å². The largest absolute Gasteiger partial charge is 0.363 e. The number of carbonyl (C=O) groups is 1. The molecule has 0 aromatic heterocycles. The lowest BCUT2D eigenvalue weighted by atomic mass is 9.65. The summed E-state index contributed by atoms with van der Waals surface area (Å²) in [4.78, 5) is 22.8. The molecule has 4 heteroatoms. The van der Waals surface area contributed by atoms with Crippen molar-refractivity contribution in [3.63, 3.8) is 0 Å². The maximum atomic E-state index is 12.2. The molecule has 2 aliphatic rings. The van der Waals surface area contributed by atoms with E-state index in [0.717, 1.165) is 5.56 Å². The van der Waals surface area contributed by atoms with Crippen LogP contribution in [0.5, 0.6) is 0 Å². The molecular weight excluding hydrogens is 244 g/mol. The summed E-state index contributed by atoms with van der Waals surface area (Å²) in [6, 6.07) is 9.65. The molecule has 1 aromatic rings. The number of fused-ring (bicyclic) bond motifs is 1. The van der Waals surface area contributed by atoms with Gasteiger partial charge in [0.2, 0.25) is 5.79 Å². The first kappa shape index (κ1) is 12.8. The molecule has 0 bridgehead atoms. The van der Waals surface area contributed by atoms with E-state index in [2.05, 4.69) is 0 Å². The van der Waals surface area contributed by atoms with Gasteiger partial charge in [-0.15, -0.1) is 0 Å². The van der Waals surface area contributed by atoms with Crippen LogP contribution in [0.2, 0.25) is 0 Å². The molecule has 0 unspecified atom stereocenters. The molecule has 0 amide bonds. The summed E-state index contributed by atoms with van der Waals surface area (Å²) >= 11 is 0. The van der Waals surface area contributed by atoms with Gasteiger partial charge in [-0.1, -0.05) is 30.3 Å². The van der Waals surface area contributed by atoms with Crippen LogP contribution in [0.4, 0.5) is 0 Å². The van der Waals surface area contributed by atoms with E-state index in [1.807, 2.05) is 30.3 Å². The molecule has 2 fully saturated rings. The van der Waals surface area contributed by atoms with Crippen LogP contribution in [0.25, 0.3) is 0 Å². The minimum atomic E-state index is -1.48. The topological polar surface area (TPSA) is 55.8 Å². The van der Waals surface area contributed by atoms with Gasteiger partial charge in [-0.25, -0.2) is 4.89 Å². The Kier molecular flexibility index (Phi) is 2.96. The number of rotatable bonds is 1. The molecule has 1 heterocycles. The van der Waals surface area contributed by atoms with E-state index in [-0.39, 0.29) is 11.9 Å².